The maximum atomic E-state index is 12.5. The van der Waals surface area contributed by atoms with Crippen LogP contribution in [0.1, 0.15) is 12.0 Å². The zero-order valence-corrected chi connectivity index (χ0v) is 19.2. The van der Waals surface area contributed by atoms with Crippen molar-refractivity contribution in [3.63, 3.8) is 0 Å². The molecule has 2 atom stereocenters. The van der Waals surface area contributed by atoms with Gasteiger partial charge in [-0.1, -0.05) is 48.5 Å². The Morgan fingerprint density at radius 3 is 2.44 bits per heavy atom. The minimum Gasteiger partial charge on any atom is -0.469 e. The van der Waals surface area contributed by atoms with E-state index in [1.807, 2.05) is 66.7 Å². The van der Waals surface area contributed by atoms with Gasteiger partial charge in [-0.05, 0) is 23.8 Å². The molecular weight excluding hydrogens is 432 g/mol. The highest BCUT2D eigenvalue weighted by Crippen LogP contribution is 2.29. The Balaban J connectivity index is 1.25. The SMILES string of the molecule is CO[C@H]1C=C[C@@H](Oc2nc(N3CCN(C(=O)OCc4ccccc4)CC3)nc3ccccc23)C1. The molecule has 0 bridgehead atoms. The smallest absolute Gasteiger partial charge is 0.410 e. The number of carbonyl (C=O) groups is 1. The van der Waals surface area contributed by atoms with Crippen molar-refractivity contribution in [2.45, 2.75) is 25.2 Å². The normalized spacial score (nSPS) is 20.0. The Hall–Kier alpha value is -3.65. The second-order valence-corrected chi connectivity index (χ2v) is 8.41. The van der Waals surface area contributed by atoms with Crippen molar-refractivity contribution in [1.82, 2.24) is 14.9 Å². The highest BCUT2D eigenvalue weighted by molar-refractivity contribution is 5.84. The van der Waals surface area contributed by atoms with E-state index in [2.05, 4.69) is 4.90 Å². The molecule has 1 aromatic heterocycles. The van der Waals surface area contributed by atoms with E-state index in [1.165, 1.54) is 0 Å². The van der Waals surface area contributed by atoms with Crippen LogP contribution >= 0.6 is 0 Å². The number of hydrogen-bond donors (Lipinski definition) is 0. The van der Waals surface area contributed by atoms with Gasteiger partial charge < -0.3 is 24.0 Å². The first-order chi connectivity index (χ1) is 16.7. The maximum absolute atomic E-state index is 12.5. The molecule has 0 N–H and O–H groups in total. The molecule has 1 aliphatic carbocycles. The van der Waals surface area contributed by atoms with Crippen LogP contribution in [-0.2, 0) is 16.1 Å². The number of aromatic nitrogens is 2. The van der Waals surface area contributed by atoms with E-state index in [1.54, 1.807) is 12.0 Å². The number of benzene rings is 2. The fourth-order valence-corrected chi connectivity index (χ4v) is 4.21. The molecule has 8 nitrogen and oxygen atoms in total. The van der Waals surface area contributed by atoms with Gasteiger partial charge in [0.15, 0.2) is 0 Å². The Bertz CT molecular complexity index is 1160. The van der Waals surface area contributed by atoms with Crippen molar-refractivity contribution in [2.75, 3.05) is 38.2 Å². The molecule has 1 amide bonds. The summed E-state index contributed by atoms with van der Waals surface area (Å²) in [6.07, 6.45) is 4.47. The lowest BCUT2D eigenvalue weighted by Crippen LogP contribution is -2.49. The molecule has 1 fully saturated rings. The summed E-state index contributed by atoms with van der Waals surface area (Å²) in [6.45, 7) is 2.59. The highest BCUT2D eigenvalue weighted by Gasteiger charge is 2.26. The predicted octanol–water partition coefficient (Wildman–Crippen LogP) is 3.81. The van der Waals surface area contributed by atoms with E-state index in [0.29, 0.717) is 38.0 Å². The van der Waals surface area contributed by atoms with Crippen molar-refractivity contribution in [3.8, 4) is 5.88 Å². The van der Waals surface area contributed by atoms with Crippen LogP contribution in [0, 0.1) is 0 Å². The lowest BCUT2D eigenvalue weighted by Gasteiger charge is -2.34. The van der Waals surface area contributed by atoms with Crippen LogP contribution in [-0.4, -0.2) is 66.5 Å². The molecule has 8 heteroatoms. The Morgan fingerprint density at radius 2 is 1.68 bits per heavy atom. The second-order valence-electron chi connectivity index (χ2n) is 8.41. The molecule has 2 heterocycles. The molecule has 0 unspecified atom stereocenters. The average Bonchev–Trinajstić information content (AvgIpc) is 3.35. The summed E-state index contributed by atoms with van der Waals surface area (Å²) >= 11 is 0. The summed E-state index contributed by atoms with van der Waals surface area (Å²) in [7, 11) is 1.70. The largest absolute Gasteiger partial charge is 0.469 e. The third kappa shape index (κ3) is 4.97. The number of carbonyl (C=O) groups excluding carboxylic acids is 1. The van der Waals surface area contributed by atoms with E-state index in [4.69, 9.17) is 24.2 Å². The summed E-state index contributed by atoms with van der Waals surface area (Å²) in [4.78, 5) is 25.9. The van der Waals surface area contributed by atoms with Gasteiger partial charge in [-0.3, -0.25) is 0 Å². The lowest BCUT2D eigenvalue weighted by atomic mass is 10.2. The number of fused-ring (bicyclic) bond motifs is 1. The number of amides is 1. The van der Waals surface area contributed by atoms with Gasteiger partial charge in [0, 0.05) is 39.7 Å². The molecule has 34 heavy (non-hydrogen) atoms. The molecule has 2 aliphatic rings. The predicted molar refractivity (Wildman–Crippen MR) is 129 cm³/mol. The number of hydrogen-bond acceptors (Lipinski definition) is 7. The molecule has 176 valence electrons. The molecule has 0 spiro atoms. The first kappa shape index (κ1) is 22.2. The van der Waals surface area contributed by atoms with Gasteiger partial charge >= 0.3 is 6.09 Å². The van der Waals surface area contributed by atoms with E-state index in [9.17, 15) is 4.79 Å². The monoisotopic (exact) mass is 460 g/mol. The van der Waals surface area contributed by atoms with Gasteiger partial charge in [0.1, 0.15) is 12.7 Å². The van der Waals surface area contributed by atoms with Crippen LogP contribution in [0.3, 0.4) is 0 Å². The topological polar surface area (TPSA) is 77.0 Å². The number of ether oxygens (including phenoxy) is 3. The van der Waals surface area contributed by atoms with Crippen LogP contribution in [0.5, 0.6) is 5.88 Å². The third-order valence-electron chi connectivity index (χ3n) is 6.15. The van der Waals surface area contributed by atoms with Gasteiger partial charge in [-0.2, -0.15) is 4.98 Å². The Kier molecular flexibility index (Phi) is 6.58. The molecule has 2 aromatic carbocycles. The second kappa shape index (κ2) is 10.1. The Morgan fingerprint density at radius 1 is 0.941 bits per heavy atom. The van der Waals surface area contributed by atoms with Crippen molar-refractivity contribution in [1.29, 1.82) is 0 Å². The quantitative estimate of drug-likeness (QED) is 0.518. The number of rotatable bonds is 6. The van der Waals surface area contributed by atoms with Crippen LogP contribution in [0.25, 0.3) is 10.9 Å². The van der Waals surface area contributed by atoms with Gasteiger partial charge in [0.2, 0.25) is 11.8 Å². The van der Waals surface area contributed by atoms with Crippen molar-refractivity contribution in [2.24, 2.45) is 0 Å². The standard InChI is InChI=1S/C26H28N4O4/c1-32-20-11-12-21(17-20)34-24-22-9-5-6-10-23(22)27-25(28-24)29-13-15-30(16-14-29)26(31)33-18-19-7-3-2-4-8-19/h2-12,20-21H,13-18H2,1H3/t20-,21+/m0/s1. The van der Waals surface area contributed by atoms with Crippen molar-refractivity contribution < 1.29 is 19.0 Å². The van der Waals surface area contributed by atoms with E-state index in [0.717, 1.165) is 22.9 Å². The molecule has 1 aliphatic heterocycles. The molecule has 0 radical (unpaired) electrons. The number of para-hydroxylation sites is 1. The van der Waals surface area contributed by atoms with Crippen LogP contribution in [0.2, 0.25) is 0 Å². The van der Waals surface area contributed by atoms with Crippen LogP contribution < -0.4 is 9.64 Å². The summed E-state index contributed by atoms with van der Waals surface area (Å²) in [5.41, 5.74) is 1.80. The minimum atomic E-state index is -0.298. The van der Waals surface area contributed by atoms with Crippen LogP contribution in [0.15, 0.2) is 66.7 Å². The minimum absolute atomic E-state index is 0.0623. The highest BCUT2D eigenvalue weighted by atomic mass is 16.6. The molecule has 3 aromatic rings. The van der Waals surface area contributed by atoms with E-state index < -0.39 is 0 Å². The summed E-state index contributed by atoms with van der Waals surface area (Å²) in [5.74, 6) is 1.17. The first-order valence-electron chi connectivity index (χ1n) is 11.5. The molecule has 5 rings (SSSR count). The van der Waals surface area contributed by atoms with Gasteiger partial charge in [-0.25, -0.2) is 9.78 Å². The summed E-state index contributed by atoms with van der Waals surface area (Å²) in [6, 6.07) is 17.5. The average molecular weight is 461 g/mol. The number of nitrogens with zero attached hydrogens (tertiary/aromatic N) is 4. The number of anilines is 1. The van der Waals surface area contributed by atoms with Gasteiger partial charge in [-0.15, -0.1) is 0 Å². The van der Waals surface area contributed by atoms with Gasteiger partial charge in [0.05, 0.1) is 17.0 Å². The molecule has 0 saturated carbocycles. The first-order valence-corrected chi connectivity index (χ1v) is 11.5. The summed E-state index contributed by atoms with van der Waals surface area (Å²) < 4.78 is 17.1. The van der Waals surface area contributed by atoms with Gasteiger partial charge in [0.25, 0.3) is 0 Å². The fourth-order valence-electron chi connectivity index (χ4n) is 4.21. The van der Waals surface area contributed by atoms with Crippen molar-refractivity contribution in [3.05, 3.63) is 72.3 Å². The maximum Gasteiger partial charge on any atom is 0.410 e. The van der Waals surface area contributed by atoms with E-state index in [-0.39, 0.29) is 24.9 Å². The molecule has 1 saturated heterocycles. The zero-order valence-electron chi connectivity index (χ0n) is 19.2. The number of methoxy groups -OCH3 is 1. The Labute approximate surface area is 198 Å². The third-order valence-corrected chi connectivity index (χ3v) is 6.15. The summed E-state index contributed by atoms with van der Waals surface area (Å²) in [5, 5.41) is 0.878. The zero-order chi connectivity index (χ0) is 23.3. The van der Waals surface area contributed by atoms with E-state index >= 15 is 0 Å². The van der Waals surface area contributed by atoms with Crippen LogP contribution in [0.4, 0.5) is 10.7 Å². The fraction of sp³-hybridized carbons (Fsp3) is 0.346. The molecular formula is C26H28N4O4. The number of piperazine rings is 1. The van der Waals surface area contributed by atoms with Crippen molar-refractivity contribution >= 4 is 22.9 Å². The lowest BCUT2D eigenvalue weighted by molar-refractivity contribution is 0.0940.